The second-order valence-corrected chi connectivity index (χ2v) is 7.14. The minimum absolute atomic E-state index is 0.0286. The monoisotopic (exact) mass is 355 g/mol. The van der Waals surface area contributed by atoms with Gasteiger partial charge in [0, 0.05) is 38.0 Å². The second-order valence-electron chi connectivity index (χ2n) is 7.14. The van der Waals surface area contributed by atoms with Crippen molar-refractivity contribution < 1.29 is 9.72 Å². The van der Waals surface area contributed by atoms with Gasteiger partial charge in [-0.25, -0.2) is 4.68 Å². The number of non-ortho nitro benzene ring substituents is 1. The first-order chi connectivity index (χ1) is 12.6. The van der Waals surface area contributed by atoms with Crippen molar-refractivity contribution in [2.45, 2.75) is 19.3 Å². The van der Waals surface area contributed by atoms with Gasteiger partial charge >= 0.3 is 0 Å². The third-order valence-electron chi connectivity index (χ3n) is 5.58. The zero-order valence-electron chi connectivity index (χ0n) is 14.4. The molecule has 1 N–H and O–H groups in total. The number of likely N-dealkylation sites (tertiary alicyclic amines) is 1. The molecule has 0 atom stereocenters. The fraction of sp³-hybridized carbons (Fsp3) is 0.444. The Balaban J connectivity index is 1.44. The molecular formula is C18H21N5O3. The number of carbonyl (C=O) groups is 1. The van der Waals surface area contributed by atoms with Gasteiger partial charge in [-0.05, 0) is 49.4 Å². The average molecular weight is 355 g/mol. The molecule has 1 spiro atoms. The maximum Gasteiger partial charge on any atom is 0.274 e. The molecule has 0 aliphatic carbocycles. The maximum absolute atomic E-state index is 12.7. The molecule has 0 radical (unpaired) electrons. The Bertz CT molecular complexity index is 814. The van der Waals surface area contributed by atoms with Gasteiger partial charge in [0.15, 0.2) is 5.69 Å². The fourth-order valence-corrected chi connectivity index (χ4v) is 3.88. The van der Waals surface area contributed by atoms with E-state index in [4.69, 9.17) is 0 Å². The van der Waals surface area contributed by atoms with Crippen molar-refractivity contribution >= 4 is 11.6 Å². The van der Waals surface area contributed by atoms with E-state index >= 15 is 0 Å². The van der Waals surface area contributed by atoms with E-state index in [-0.39, 0.29) is 11.6 Å². The Kier molecular flexibility index (Phi) is 4.20. The first-order valence-corrected chi connectivity index (χ1v) is 8.87. The molecule has 1 amide bonds. The van der Waals surface area contributed by atoms with Crippen LogP contribution in [0.25, 0.3) is 5.69 Å². The zero-order chi connectivity index (χ0) is 18.1. The number of carbonyl (C=O) groups excluding carboxylic acids is 1. The van der Waals surface area contributed by atoms with Crippen molar-refractivity contribution in [1.29, 1.82) is 0 Å². The molecule has 2 aliphatic heterocycles. The van der Waals surface area contributed by atoms with Gasteiger partial charge in [0.05, 0.1) is 10.6 Å². The van der Waals surface area contributed by atoms with Crippen LogP contribution >= 0.6 is 0 Å². The van der Waals surface area contributed by atoms with Gasteiger partial charge in [0.1, 0.15) is 0 Å². The van der Waals surface area contributed by atoms with E-state index in [1.54, 1.807) is 29.1 Å². The first kappa shape index (κ1) is 16.7. The van der Waals surface area contributed by atoms with Crippen LogP contribution in [0.1, 0.15) is 29.8 Å². The predicted octanol–water partition coefficient (Wildman–Crippen LogP) is 2.00. The predicted molar refractivity (Wildman–Crippen MR) is 95.3 cm³/mol. The topological polar surface area (TPSA) is 93.3 Å². The molecule has 4 rings (SSSR count). The third kappa shape index (κ3) is 3.08. The SMILES string of the molecule is O=C(c1ccn(-c2ccc([N+](=O)[O-])cc2)n1)N1CCC2(CCNC2)CC1. The quantitative estimate of drug-likeness (QED) is 0.671. The Morgan fingerprint density at radius 3 is 2.50 bits per heavy atom. The number of nitrogens with zero attached hydrogens (tertiary/aromatic N) is 4. The lowest BCUT2D eigenvalue weighted by atomic mass is 9.78. The van der Waals surface area contributed by atoms with Crippen LogP contribution < -0.4 is 5.32 Å². The summed E-state index contributed by atoms with van der Waals surface area (Å²) in [6, 6.07) is 7.80. The second kappa shape index (κ2) is 6.53. The summed E-state index contributed by atoms with van der Waals surface area (Å²) in [7, 11) is 0. The van der Waals surface area contributed by atoms with Crippen LogP contribution in [0.2, 0.25) is 0 Å². The minimum Gasteiger partial charge on any atom is -0.337 e. The molecule has 1 aromatic carbocycles. The molecule has 2 saturated heterocycles. The van der Waals surface area contributed by atoms with Gasteiger partial charge < -0.3 is 10.2 Å². The summed E-state index contributed by atoms with van der Waals surface area (Å²) in [5.74, 6) is -0.0496. The first-order valence-electron chi connectivity index (χ1n) is 8.87. The number of nitro benzene ring substituents is 1. The minimum atomic E-state index is -0.440. The van der Waals surface area contributed by atoms with E-state index < -0.39 is 4.92 Å². The molecule has 136 valence electrons. The van der Waals surface area contributed by atoms with Gasteiger partial charge in [-0.1, -0.05) is 0 Å². The molecule has 1 aromatic heterocycles. The summed E-state index contributed by atoms with van der Waals surface area (Å²) in [6.07, 6.45) is 4.98. The van der Waals surface area contributed by atoms with E-state index in [1.807, 2.05) is 4.90 Å². The van der Waals surface area contributed by atoms with Crippen LogP contribution in [-0.2, 0) is 0 Å². The molecule has 0 bridgehead atoms. The molecule has 3 heterocycles. The molecular weight excluding hydrogens is 334 g/mol. The number of rotatable bonds is 3. The number of amides is 1. The van der Waals surface area contributed by atoms with Gasteiger partial charge in [0.25, 0.3) is 11.6 Å². The highest BCUT2D eigenvalue weighted by atomic mass is 16.6. The van der Waals surface area contributed by atoms with Crippen molar-refractivity contribution in [3.05, 3.63) is 52.3 Å². The van der Waals surface area contributed by atoms with E-state index in [1.165, 1.54) is 18.6 Å². The van der Waals surface area contributed by atoms with Crippen molar-refractivity contribution in [2.24, 2.45) is 5.41 Å². The van der Waals surface area contributed by atoms with E-state index in [0.29, 0.717) is 16.8 Å². The molecule has 2 aliphatic rings. The van der Waals surface area contributed by atoms with Crippen LogP contribution in [0.5, 0.6) is 0 Å². The van der Waals surface area contributed by atoms with Crippen LogP contribution in [-0.4, -0.2) is 51.7 Å². The summed E-state index contributed by atoms with van der Waals surface area (Å²) in [5, 5.41) is 18.5. The highest BCUT2D eigenvalue weighted by molar-refractivity contribution is 5.92. The number of hydrogen-bond donors (Lipinski definition) is 1. The van der Waals surface area contributed by atoms with Gasteiger partial charge in [0.2, 0.25) is 0 Å². The van der Waals surface area contributed by atoms with Gasteiger partial charge in [-0.2, -0.15) is 5.10 Å². The van der Waals surface area contributed by atoms with Gasteiger partial charge in [-0.15, -0.1) is 0 Å². The molecule has 8 heteroatoms. The molecule has 8 nitrogen and oxygen atoms in total. The number of hydrogen-bond acceptors (Lipinski definition) is 5. The summed E-state index contributed by atoms with van der Waals surface area (Å²) < 4.78 is 1.57. The highest BCUT2D eigenvalue weighted by Crippen LogP contribution is 2.37. The third-order valence-corrected chi connectivity index (χ3v) is 5.58. The lowest BCUT2D eigenvalue weighted by molar-refractivity contribution is -0.384. The van der Waals surface area contributed by atoms with Crippen LogP contribution in [0, 0.1) is 15.5 Å². The lowest BCUT2D eigenvalue weighted by Crippen LogP contribution is -2.44. The normalized spacial score (nSPS) is 19.0. The van der Waals surface area contributed by atoms with Crippen LogP contribution in [0.4, 0.5) is 5.69 Å². The number of nitrogens with one attached hydrogen (secondary N) is 1. The van der Waals surface area contributed by atoms with Crippen LogP contribution in [0.3, 0.4) is 0 Å². The maximum atomic E-state index is 12.7. The van der Waals surface area contributed by atoms with Gasteiger partial charge in [-0.3, -0.25) is 14.9 Å². The number of benzene rings is 1. The van der Waals surface area contributed by atoms with Crippen molar-refractivity contribution in [3.8, 4) is 5.69 Å². The van der Waals surface area contributed by atoms with Crippen molar-refractivity contribution in [2.75, 3.05) is 26.2 Å². The standard InChI is InChI=1S/C18H21N5O3/c24-17(21-11-7-18(8-12-21)6-9-19-13-18)16-5-10-22(20-16)14-1-3-15(4-2-14)23(25)26/h1-5,10,19H,6-9,11-13H2. The number of aromatic nitrogens is 2. The lowest BCUT2D eigenvalue weighted by Gasteiger charge is -2.38. The summed E-state index contributed by atoms with van der Waals surface area (Å²) in [5.41, 5.74) is 1.49. The summed E-state index contributed by atoms with van der Waals surface area (Å²) in [6.45, 7) is 3.67. The molecule has 0 saturated carbocycles. The van der Waals surface area contributed by atoms with E-state index in [2.05, 4.69) is 10.4 Å². The fourth-order valence-electron chi connectivity index (χ4n) is 3.88. The smallest absolute Gasteiger partial charge is 0.274 e. The molecule has 0 unspecified atom stereocenters. The van der Waals surface area contributed by atoms with Crippen LogP contribution in [0.15, 0.2) is 36.5 Å². The summed E-state index contributed by atoms with van der Waals surface area (Å²) >= 11 is 0. The molecule has 2 aromatic rings. The number of nitro groups is 1. The Morgan fingerprint density at radius 1 is 1.15 bits per heavy atom. The molecule has 26 heavy (non-hydrogen) atoms. The highest BCUT2D eigenvalue weighted by Gasteiger charge is 2.38. The van der Waals surface area contributed by atoms with E-state index in [0.717, 1.165) is 39.0 Å². The summed E-state index contributed by atoms with van der Waals surface area (Å²) in [4.78, 5) is 24.9. The Labute approximate surface area is 150 Å². The Morgan fingerprint density at radius 2 is 1.88 bits per heavy atom. The van der Waals surface area contributed by atoms with Crippen molar-refractivity contribution in [3.63, 3.8) is 0 Å². The Hall–Kier alpha value is -2.74. The number of piperidine rings is 1. The molecule has 2 fully saturated rings. The average Bonchev–Trinajstić information content (AvgIpc) is 3.32. The van der Waals surface area contributed by atoms with E-state index in [9.17, 15) is 14.9 Å². The largest absolute Gasteiger partial charge is 0.337 e. The zero-order valence-corrected chi connectivity index (χ0v) is 14.4. The van der Waals surface area contributed by atoms with Crippen molar-refractivity contribution in [1.82, 2.24) is 20.0 Å².